The van der Waals surface area contributed by atoms with Gasteiger partial charge in [0.25, 0.3) is 0 Å². The van der Waals surface area contributed by atoms with Crippen LogP contribution in [0.4, 0.5) is 13.2 Å². The number of carbonyl (C=O) groups is 1. The third kappa shape index (κ3) is 4.37. The lowest BCUT2D eigenvalue weighted by atomic mass is 10.1. The fraction of sp³-hybridized carbons (Fsp3) is 0.111. The number of hydrogen-bond acceptors (Lipinski definition) is 4. The lowest BCUT2D eigenvalue weighted by Crippen LogP contribution is -2.10. The number of alkyl halides is 3. The Morgan fingerprint density at radius 2 is 1.50 bits per heavy atom. The van der Waals surface area contributed by atoms with E-state index < -0.39 is 20.9 Å². The molecule has 0 bridgehead atoms. The van der Waals surface area contributed by atoms with Crippen molar-refractivity contribution in [2.45, 2.75) is 18.0 Å². The molecule has 0 unspecified atom stereocenters. The maximum atomic E-state index is 12.9. The third-order valence-electron chi connectivity index (χ3n) is 3.45. The topological polar surface area (TPSA) is 75.0 Å². The highest BCUT2D eigenvalue weighted by Gasteiger charge is 2.31. The number of benzene rings is 2. The van der Waals surface area contributed by atoms with E-state index in [4.69, 9.17) is 5.26 Å². The van der Waals surface area contributed by atoms with Gasteiger partial charge in [0.1, 0.15) is 0 Å². The molecule has 0 fully saturated rings. The Morgan fingerprint density at radius 3 is 1.92 bits per heavy atom. The molecular formula is C18H12F3NO3S. The second kappa shape index (κ2) is 7.14. The molecule has 2 aromatic carbocycles. The fourth-order valence-electron chi connectivity index (χ4n) is 2.17. The summed E-state index contributed by atoms with van der Waals surface area (Å²) in [5.41, 5.74) is 0.226. The van der Waals surface area contributed by atoms with Crippen molar-refractivity contribution in [1.82, 2.24) is 0 Å². The van der Waals surface area contributed by atoms with Crippen molar-refractivity contribution in [1.29, 1.82) is 5.26 Å². The van der Waals surface area contributed by atoms with Gasteiger partial charge in [-0.15, -0.1) is 0 Å². The van der Waals surface area contributed by atoms with Gasteiger partial charge in [0.15, 0.2) is 5.78 Å². The quantitative estimate of drug-likeness (QED) is 0.749. The third-order valence-corrected chi connectivity index (χ3v) is 5.28. The van der Waals surface area contributed by atoms with Crippen LogP contribution in [-0.4, -0.2) is 20.4 Å². The van der Waals surface area contributed by atoms with Crippen LogP contribution < -0.4 is 0 Å². The molecule has 0 atom stereocenters. The molecule has 0 radical (unpaired) electrons. The van der Waals surface area contributed by atoms with Crippen LogP contribution in [0.2, 0.25) is 0 Å². The number of hydrogen-bond donors (Lipinski definition) is 0. The van der Waals surface area contributed by atoms with Crippen molar-refractivity contribution < 1.29 is 26.4 Å². The van der Waals surface area contributed by atoms with Crippen LogP contribution in [0.15, 0.2) is 59.5 Å². The molecular weight excluding hydrogens is 367 g/mol. The maximum absolute atomic E-state index is 12.9. The molecule has 0 N–H and O–H groups in total. The Balaban J connectivity index is 2.62. The van der Waals surface area contributed by atoms with Gasteiger partial charge < -0.3 is 0 Å². The summed E-state index contributed by atoms with van der Waals surface area (Å²) in [7, 11) is -4.50. The molecule has 4 nitrogen and oxygen atoms in total. The summed E-state index contributed by atoms with van der Waals surface area (Å²) < 4.78 is 64.2. The van der Waals surface area contributed by atoms with Crippen molar-refractivity contribution >= 4 is 20.5 Å². The van der Waals surface area contributed by atoms with E-state index in [0.29, 0.717) is 0 Å². The Hall–Kier alpha value is -2.92. The van der Waals surface area contributed by atoms with Gasteiger partial charge in [-0.25, -0.2) is 8.42 Å². The number of nitrogens with zero attached hydrogens (tertiary/aromatic N) is 1. The van der Waals surface area contributed by atoms with Crippen LogP contribution >= 0.6 is 0 Å². The molecule has 0 amide bonds. The van der Waals surface area contributed by atoms with Gasteiger partial charge in [-0.05, 0) is 36.8 Å². The van der Waals surface area contributed by atoms with E-state index in [1.807, 2.05) is 0 Å². The molecule has 0 spiro atoms. The molecule has 2 rings (SSSR count). The van der Waals surface area contributed by atoms with Crippen molar-refractivity contribution in [3.63, 3.8) is 0 Å². The molecule has 8 heteroatoms. The summed E-state index contributed by atoms with van der Waals surface area (Å²) in [6.07, 6.45) is -5.16. The van der Waals surface area contributed by atoms with E-state index in [1.165, 1.54) is 31.2 Å². The normalized spacial score (nSPS) is 12.5. The van der Waals surface area contributed by atoms with Crippen LogP contribution in [0.3, 0.4) is 0 Å². The van der Waals surface area contributed by atoms with Gasteiger partial charge in [0, 0.05) is 11.6 Å². The first kappa shape index (κ1) is 19.4. The molecule has 0 saturated carbocycles. The van der Waals surface area contributed by atoms with E-state index in [0.717, 1.165) is 24.3 Å². The Labute approximate surface area is 148 Å². The van der Waals surface area contributed by atoms with E-state index >= 15 is 0 Å². The summed E-state index contributed by atoms with van der Waals surface area (Å²) in [6, 6.07) is 11.2. The summed E-state index contributed by atoms with van der Waals surface area (Å²) in [5, 5.41) is 8.76. The number of allylic oxidation sites excluding steroid dienone is 1. The Kier molecular flexibility index (Phi) is 5.33. The highest BCUT2D eigenvalue weighted by atomic mass is 32.2. The van der Waals surface area contributed by atoms with Crippen LogP contribution in [0.5, 0.6) is 0 Å². The van der Waals surface area contributed by atoms with E-state index in [2.05, 4.69) is 0 Å². The minimum Gasteiger partial charge on any atom is -0.295 e. The predicted octanol–water partition coefficient (Wildman–Crippen LogP) is 4.14. The maximum Gasteiger partial charge on any atom is 0.411 e. The molecule has 0 aromatic heterocycles. The average Bonchev–Trinajstić information content (AvgIpc) is 2.59. The molecule has 134 valence electrons. The van der Waals surface area contributed by atoms with Crippen LogP contribution in [0, 0.1) is 11.3 Å². The molecule has 0 aliphatic heterocycles. The highest BCUT2D eigenvalue weighted by Crippen LogP contribution is 2.32. The standard InChI is InChI=1S/C18H12F3NO3S/c1-12(23)14-4-6-15(7-5-14)17(10-18(19,20)21)26(24,25)16-8-2-13(11-22)3-9-16/h2-10H,1H3/b17-10+. The van der Waals surface area contributed by atoms with Crippen molar-refractivity contribution in [3.8, 4) is 6.07 Å². The predicted molar refractivity (Wildman–Crippen MR) is 88.8 cm³/mol. The van der Waals surface area contributed by atoms with Gasteiger partial charge in [-0.1, -0.05) is 24.3 Å². The second-order valence-electron chi connectivity index (χ2n) is 5.32. The monoisotopic (exact) mass is 379 g/mol. The average molecular weight is 379 g/mol. The summed E-state index contributed by atoms with van der Waals surface area (Å²) >= 11 is 0. The van der Waals surface area contributed by atoms with Gasteiger partial charge in [0.05, 0.1) is 21.4 Å². The Morgan fingerprint density at radius 1 is 1.00 bits per heavy atom. The largest absolute Gasteiger partial charge is 0.411 e. The number of ketones is 1. The molecule has 2 aromatic rings. The minimum atomic E-state index is -4.87. The fourth-order valence-corrected chi connectivity index (χ4v) is 3.65. The SMILES string of the molecule is CC(=O)c1ccc(/C(=C\C(F)(F)F)S(=O)(=O)c2ccc(C#N)cc2)cc1. The number of halogens is 3. The first-order valence-electron chi connectivity index (χ1n) is 7.21. The van der Waals surface area contributed by atoms with E-state index in [-0.39, 0.29) is 33.4 Å². The smallest absolute Gasteiger partial charge is 0.295 e. The van der Waals surface area contributed by atoms with Crippen molar-refractivity contribution in [2.24, 2.45) is 0 Å². The summed E-state index contributed by atoms with van der Waals surface area (Å²) in [4.78, 5) is 9.98. The zero-order chi connectivity index (χ0) is 19.5. The highest BCUT2D eigenvalue weighted by molar-refractivity contribution is 8.00. The number of carbonyl (C=O) groups excluding carboxylic acids is 1. The van der Waals surface area contributed by atoms with Gasteiger partial charge >= 0.3 is 6.18 Å². The lowest BCUT2D eigenvalue weighted by Gasteiger charge is -2.12. The van der Waals surface area contributed by atoms with Crippen LogP contribution in [-0.2, 0) is 9.84 Å². The minimum absolute atomic E-state index is 0.177. The molecule has 0 saturated heterocycles. The first-order valence-corrected chi connectivity index (χ1v) is 8.69. The zero-order valence-electron chi connectivity index (χ0n) is 13.4. The van der Waals surface area contributed by atoms with E-state index in [9.17, 15) is 26.4 Å². The van der Waals surface area contributed by atoms with Crippen molar-refractivity contribution in [3.05, 3.63) is 71.3 Å². The van der Waals surface area contributed by atoms with Gasteiger partial charge in [-0.3, -0.25) is 4.79 Å². The number of sulfone groups is 1. The molecule has 26 heavy (non-hydrogen) atoms. The van der Waals surface area contributed by atoms with Crippen molar-refractivity contribution in [2.75, 3.05) is 0 Å². The van der Waals surface area contributed by atoms with Gasteiger partial charge in [-0.2, -0.15) is 18.4 Å². The summed E-state index contributed by atoms with van der Waals surface area (Å²) in [6.45, 7) is 1.29. The van der Waals surface area contributed by atoms with Gasteiger partial charge in [0.2, 0.25) is 9.84 Å². The first-order chi connectivity index (χ1) is 12.0. The molecule has 0 aliphatic carbocycles. The lowest BCUT2D eigenvalue weighted by molar-refractivity contribution is -0.0792. The second-order valence-corrected chi connectivity index (χ2v) is 7.24. The number of nitriles is 1. The number of rotatable bonds is 4. The van der Waals surface area contributed by atoms with Crippen LogP contribution in [0.25, 0.3) is 4.91 Å². The molecule has 0 aliphatic rings. The van der Waals surface area contributed by atoms with E-state index in [1.54, 1.807) is 6.07 Å². The Bertz CT molecular complexity index is 998. The van der Waals surface area contributed by atoms with Crippen LogP contribution in [0.1, 0.15) is 28.4 Å². The molecule has 0 heterocycles. The number of Topliss-reactive ketones (excluding diaryl/α,β-unsaturated/α-hetero) is 1. The summed E-state index contributed by atoms with van der Waals surface area (Å²) in [5.74, 6) is -0.298. The zero-order valence-corrected chi connectivity index (χ0v) is 14.2.